The van der Waals surface area contributed by atoms with Crippen LogP contribution in [0.4, 0.5) is 0 Å². The summed E-state index contributed by atoms with van der Waals surface area (Å²) in [6.07, 6.45) is 5.29. The van der Waals surface area contributed by atoms with Crippen molar-refractivity contribution in [3.63, 3.8) is 0 Å². The molecule has 4 heteroatoms. The molecule has 0 aromatic heterocycles. The number of unbranched alkanes of at least 4 members (excludes halogenated alkanes) is 1. The molecule has 1 N–H and O–H groups in total. The smallest absolute Gasteiger partial charge is 0.152 e. The zero-order valence-electron chi connectivity index (χ0n) is 12.8. The molecule has 0 radical (unpaired) electrons. The second kappa shape index (κ2) is 8.16. The molecule has 3 nitrogen and oxygen atoms in total. The Kier molecular flexibility index (Phi) is 8.11. The van der Waals surface area contributed by atoms with Gasteiger partial charge in [0.1, 0.15) is 0 Å². The van der Waals surface area contributed by atoms with E-state index in [0.717, 1.165) is 25.8 Å². The molecule has 1 atom stereocenters. The van der Waals surface area contributed by atoms with Gasteiger partial charge >= 0.3 is 0 Å². The number of nitrogens with one attached hydrogen (secondary N) is 1. The fraction of sp³-hybridized carbons (Fsp3) is 1.00. The molecule has 18 heavy (non-hydrogen) atoms. The van der Waals surface area contributed by atoms with E-state index in [1.54, 1.807) is 13.8 Å². The fourth-order valence-electron chi connectivity index (χ4n) is 2.30. The minimum Gasteiger partial charge on any atom is -0.319 e. The Morgan fingerprint density at radius 3 is 2.17 bits per heavy atom. The summed E-state index contributed by atoms with van der Waals surface area (Å²) in [5, 5.41) is 2.98. The first kappa shape index (κ1) is 17.9. The lowest BCUT2D eigenvalue weighted by Crippen LogP contribution is -2.35. The second-order valence-electron chi connectivity index (χ2n) is 5.65. The van der Waals surface area contributed by atoms with E-state index >= 15 is 0 Å². The standard InChI is InChI=1S/C14H31NO2S/c1-6-8-9-14(7-2,12-15-5)10-11-18(16,17)13(3)4/h13,15H,6-12H2,1-5H3. The molecule has 0 amide bonds. The molecule has 0 aliphatic rings. The molecule has 0 aromatic carbocycles. The topological polar surface area (TPSA) is 46.2 Å². The zero-order valence-corrected chi connectivity index (χ0v) is 13.6. The Hall–Kier alpha value is -0.0900. The van der Waals surface area contributed by atoms with Crippen LogP contribution in [0.15, 0.2) is 0 Å². The third-order valence-corrected chi connectivity index (χ3v) is 6.21. The van der Waals surface area contributed by atoms with Crippen LogP contribution in [-0.2, 0) is 9.84 Å². The van der Waals surface area contributed by atoms with Gasteiger partial charge in [0.15, 0.2) is 9.84 Å². The maximum Gasteiger partial charge on any atom is 0.152 e. The molecule has 0 saturated carbocycles. The van der Waals surface area contributed by atoms with Crippen molar-refractivity contribution in [1.29, 1.82) is 0 Å². The summed E-state index contributed by atoms with van der Waals surface area (Å²) in [6, 6.07) is 0. The fourth-order valence-corrected chi connectivity index (χ4v) is 3.49. The van der Waals surface area contributed by atoms with Crippen molar-refractivity contribution in [3.8, 4) is 0 Å². The summed E-state index contributed by atoms with van der Waals surface area (Å²) in [5.41, 5.74) is 0.146. The molecule has 110 valence electrons. The number of hydrogen-bond acceptors (Lipinski definition) is 3. The van der Waals surface area contributed by atoms with Crippen molar-refractivity contribution >= 4 is 9.84 Å². The van der Waals surface area contributed by atoms with Crippen LogP contribution in [0.25, 0.3) is 0 Å². The van der Waals surface area contributed by atoms with E-state index in [4.69, 9.17) is 0 Å². The maximum absolute atomic E-state index is 12.0. The average molecular weight is 277 g/mol. The van der Waals surface area contributed by atoms with E-state index in [1.165, 1.54) is 12.8 Å². The minimum atomic E-state index is -2.91. The van der Waals surface area contributed by atoms with Gasteiger partial charge in [0.05, 0.1) is 11.0 Å². The highest BCUT2D eigenvalue weighted by Gasteiger charge is 2.29. The summed E-state index contributed by atoms with van der Waals surface area (Å²) in [4.78, 5) is 0. The third kappa shape index (κ3) is 5.70. The van der Waals surface area contributed by atoms with E-state index in [9.17, 15) is 8.42 Å². The van der Waals surface area contributed by atoms with E-state index < -0.39 is 9.84 Å². The summed E-state index contributed by atoms with van der Waals surface area (Å²) >= 11 is 0. The Morgan fingerprint density at radius 1 is 1.17 bits per heavy atom. The van der Waals surface area contributed by atoms with Crippen LogP contribution in [0, 0.1) is 5.41 Å². The molecule has 0 aliphatic carbocycles. The van der Waals surface area contributed by atoms with Crippen LogP contribution in [0.5, 0.6) is 0 Å². The minimum absolute atomic E-state index is 0.146. The second-order valence-corrected chi connectivity index (χ2v) is 8.33. The monoisotopic (exact) mass is 277 g/mol. The highest BCUT2D eigenvalue weighted by Crippen LogP contribution is 2.33. The van der Waals surface area contributed by atoms with Crippen molar-refractivity contribution in [1.82, 2.24) is 5.32 Å². The highest BCUT2D eigenvalue weighted by molar-refractivity contribution is 7.91. The Balaban J connectivity index is 4.67. The molecule has 0 saturated heterocycles. The molecule has 1 unspecified atom stereocenters. The van der Waals surface area contributed by atoms with Crippen LogP contribution in [0.3, 0.4) is 0 Å². The van der Waals surface area contributed by atoms with E-state index in [2.05, 4.69) is 19.2 Å². The van der Waals surface area contributed by atoms with E-state index in [0.29, 0.717) is 5.75 Å². The van der Waals surface area contributed by atoms with Crippen molar-refractivity contribution in [2.45, 2.75) is 65.0 Å². The lowest BCUT2D eigenvalue weighted by molar-refractivity contribution is 0.228. The molecule has 0 spiro atoms. The van der Waals surface area contributed by atoms with Gasteiger partial charge in [0, 0.05) is 6.54 Å². The van der Waals surface area contributed by atoms with Gasteiger partial charge in [-0.05, 0) is 45.6 Å². The van der Waals surface area contributed by atoms with Crippen molar-refractivity contribution in [2.24, 2.45) is 5.41 Å². The van der Waals surface area contributed by atoms with Crippen molar-refractivity contribution in [3.05, 3.63) is 0 Å². The number of rotatable bonds is 10. The van der Waals surface area contributed by atoms with Gasteiger partial charge < -0.3 is 5.32 Å². The average Bonchev–Trinajstić information content (AvgIpc) is 2.33. The van der Waals surface area contributed by atoms with Crippen LogP contribution in [0.2, 0.25) is 0 Å². The van der Waals surface area contributed by atoms with Gasteiger partial charge in [-0.1, -0.05) is 26.7 Å². The van der Waals surface area contributed by atoms with Crippen LogP contribution in [0.1, 0.15) is 59.8 Å². The van der Waals surface area contributed by atoms with Crippen molar-refractivity contribution < 1.29 is 8.42 Å². The van der Waals surface area contributed by atoms with Crippen molar-refractivity contribution in [2.75, 3.05) is 19.3 Å². The third-order valence-electron chi connectivity index (χ3n) is 4.00. The van der Waals surface area contributed by atoms with Crippen LogP contribution in [-0.4, -0.2) is 33.0 Å². The van der Waals surface area contributed by atoms with Crippen LogP contribution >= 0.6 is 0 Å². The summed E-state index contributed by atoms with van der Waals surface area (Å²) < 4.78 is 23.9. The molecule has 0 fully saturated rings. The predicted octanol–water partition coefficient (Wildman–Crippen LogP) is 3.01. The molecule has 0 aromatic rings. The number of sulfone groups is 1. The molecular formula is C14H31NO2S. The highest BCUT2D eigenvalue weighted by atomic mass is 32.2. The van der Waals surface area contributed by atoms with Gasteiger partial charge in [0.2, 0.25) is 0 Å². The first-order valence-electron chi connectivity index (χ1n) is 7.19. The normalized spacial score (nSPS) is 15.9. The summed E-state index contributed by atoms with van der Waals surface area (Å²) in [6.45, 7) is 8.82. The largest absolute Gasteiger partial charge is 0.319 e. The van der Waals surface area contributed by atoms with Gasteiger partial charge in [-0.15, -0.1) is 0 Å². The lowest BCUT2D eigenvalue weighted by atomic mass is 9.78. The Morgan fingerprint density at radius 2 is 1.78 bits per heavy atom. The summed E-state index contributed by atoms with van der Waals surface area (Å²) in [5.74, 6) is 0.323. The lowest BCUT2D eigenvalue weighted by Gasteiger charge is -2.33. The first-order valence-corrected chi connectivity index (χ1v) is 8.91. The first-order chi connectivity index (χ1) is 8.33. The Labute approximate surface area is 114 Å². The Bertz CT molecular complexity index is 312. The molecule has 0 heterocycles. The molecule has 0 aliphatic heterocycles. The van der Waals surface area contributed by atoms with Gasteiger partial charge in [-0.3, -0.25) is 0 Å². The van der Waals surface area contributed by atoms with Gasteiger partial charge in [-0.2, -0.15) is 0 Å². The maximum atomic E-state index is 12.0. The van der Waals surface area contributed by atoms with Crippen LogP contribution < -0.4 is 5.32 Å². The SMILES string of the molecule is CCCCC(CC)(CCS(=O)(=O)C(C)C)CNC. The molecular weight excluding hydrogens is 246 g/mol. The number of hydrogen-bond donors (Lipinski definition) is 1. The zero-order chi connectivity index (χ0) is 14.2. The van der Waals surface area contributed by atoms with Gasteiger partial charge in [0.25, 0.3) is 0 Å². The quantitative estimate of drug-likeness (QED) is 0.667. The molecule has 0 bridgehead atoms. The van der Waals surface area contributed by atoms with Gasteiger partial charge in [-0.25, -0.2) is 8.42 Å². The predicted molar refractivity (Wildman–Crippen MR) is 79.7 cm³/mol. The molecule has 0 rings (SSSR count). The van der Waals surface area contributed by atoms with E-state index in [1.807, 2.05) is 7.05 Å². The summed E-state index contributed by atoms with van der Waals surface area (Å²) in [7, 11) is -0.961. The van der Waals surface area contributed by atoms with E-state index in [-0.39, 0.29) is 10.7 Å².